The second-order valence-corrected chi connectivity index (χ2v) is 28.4. The standard InChI is InChI=1S/C67H115N21O23S/c1-7-34(4)52(86-55(99)37(17-12-23-74-67(72)73)78-62(106)51(33(2)3)85-54(98)36(70)20-26-112-6)63(107)80-39(16-9-11-22-69)65(109)87-24-13-18-45(87)60(104)75-30-48(92)77-43(31-89)58(102)76-35(5)53(97)81-40(27-47(71)91)56(100)79-38(15-8-10-21-68)64(108)88-25-14-19-46(88)61(105)84-44(32-90)59(103)82-41(28-49(93)94)57(101)83-42(66(110)111)29-50(95)96/h33-46,51-52,89-90H,7-32,68-70H2,1-6H3,(H2,71,91)(H,75,104)(H,76,102)(H,77,92)(H,78,106)(H,79,100)(H,80,107)(H,81,97)(H,82,103)(H,83,101)(H,84,105)(H,85,98)(H,86,99)(H,93,94)(H,95,96)(H,110,111)(H4,72,73,74). The third kappa shape index (κ3) is 33.8. The molecular weight excluding hydrogens is 1500 g/mol. The molecule has 15 unspecified atom stereocenters. The minimum atomic E-state index is -2.06. The second kappa shape index (κ2) is 50.7. The van der Waals surface area contributed by atoms with Crippen molar-refractivity contribution in [2.75, 3.05) is 64.5 Å². The molecule has 2 fully saturated rings. The number of guanidine groups is 1. The minimum Gasteiger partial charge on any atom is -0.481 e. The smallest absolute Gasteiger partial charge is 0.326 e. The molecular formula is C67H115N21O23S. The summed E-state index contributed by atoms with van der Waals surface area (Å²) in [6.45, 7) is 5.18. The Bertz CT molecular complexity index is 3300. The summed E-state index contributed by atoms with van der Waals surface area (Å²) in [4.78, 5) is 246. The number of rotatable bonds is 53. The first kappa shape index (κ1) is 98.0. The van der Waals surface area contributed by atoms with Gasteiger partial charge in [-0.25, -0.2) is 4.79 Å². The maximum absolute atomic E-state index is 14.6. The van der Waals surface area contributed by atoms with Gasteiger partial charge in [0.05, 0.1) is 45.1 Å². The highest BCUT2D eigenvalue weighted by atomic mass is 32.2. The maximum atomic E-state index is 14.6. The molecule has 2 aliphatic rings. The number of carbonyl (C=O) groups excluding carboxylic acids is 15. The number of nitrogens with two attached hydrogens (primary N) is 6. The number of primary amides is 1. The van der Waals surface area contributed by atoms with Crippen molar-refractivity contribution in [2.45, 2.75) is 228 Å². The van der Waals surface area contributed by atoms with Crippen LogP contribution in [0.5, 0.6) is 0 Å². The van der Waals surface area contributed by atoms with Crippen molar-refractivity contribution in [3.63, 3.8) is 0 Å². The first-order valence-electron chi connectivity index (χ1n) is 36.9. The Balaban J connectivity index is 2.26. The quantitative estimate of drug-likeness (QED) is 0.0153. The van der Waals surface area contributed by atoms with Gasteiger partial charge in [-0.05, 0) is 127 Å². The van der Waals surface area contributed by atoms with Crippen LogP contribution in [0.1, 0.15) is 144 Å². The lowest BCUT2D eigenvalue weighted by molar-refractivity contribution is -0.148. The zero-order valence-electron chi connectivity index (χ0n) is 63.9. The van der Waals surface area contributed by atoms with Crippen LogP contribution in [0, 0.1) is 11.8 Å². The molecule has 0 spiro atoms. The monoisotopic (exact) mass is 1610 g/mol. The summed E-state index contributed by atoms with van der Waals surface area (Å²) in [5.74, 6) is -20.6. The lowest BCUT2D eigenvalue weighted by Crippen LogP contribution is -2.61. The minimum absolute atomic E-state index is 0.0253. The molecule has 0 aromatic rings. The molecule has 0 bridgehead atoms. The molecule has 44 nitrogen and oxygen atoms in total. The largest absolute Gasteiger partial charge is 0.481 e. The number of unbranched alkanes of at least 4 members (excludes halogenated alkanes) is 2. The van der Waals surface area contributed by atoms with E-state index < -0.39 is 242 Å². The molecule has 632 valence electrons. The zero-order valence-corrected chi connectivity index (χ0v) is 64.7. The Hall–Kier alpha value is -10.1. The van der Waals surface area contributed by atoms with Crippen molar-refractivity contribution in [2.24, 2.45) is 51.2 Å². The molecule has 0 saturated carbocycles. The average Bonchev–Trinajstić information content (AvgIpc) is 1.63. The number of carbonyl (C=O) groups is 18. The predicted octanol–water partition coefficient (Wildman–Crippen LogP) is -9.57. The Kier molecular flexibility index (Phi) is 44.3. The highest BCUT2D eigenvalue weighted by Crippen LogP contribution is 2.23. The van der Waals surface area contributed by atoms with Gasteiger partial charge in [0, 0.05) is 19.6 Å². The van der Waals surface area contributed by atoms with Crippen LogP contribution in [0.25, 0.3) is 0 Å². The number of amides is 15. The van der Waals surface area contributed by atoms with E-state index in [0.29, 0.717) is 44.3 Å². The molecule has 15 atom stereocenters. The number of carboxylic acids is 3. The summed E-state index contributed by atoms with van der Waals surface area (Å²) >= 11 is 1.49. The summed E-state index contributed by atoms with van der Waals surface area (Å²) in [7, 11) is 0. The molecule has 0 aliphatic carbocycles. The molecule has 2 saturated heterocycles. The highest BCUT2D eigenvalue weighted by molar-refractivity contribution is 7.98. The van der Waals surface area contributed by atoms with E-state index in [1.807, 2.05) is 11.6 Å². The van der Waals surface area contributed by atoms with Crippen LogP contribution in [0.3, 0.4) is 0 Å². The number of nitrogens with one attached hydrogen (secondary N) is 12. The van der Waals surface area contributed by atoms with Gasteiger partial charge in [0.1, 0.15) is 78.5 Å². The Labute approximate surface area is 651 Å². The van der Waals surface area contributed by atoms with Gasteiger partial charge in [-0.3, -0.25) is 86.5 Å². The van der Waals surface area contributed by atoms with Gasteiger partial charge in [0.15, 0.2) is 5.96 Å². The van der Waals surface area contributed by atoms with Crippen molar-refractivity contribution in [3.8, 4) is 0 Å². The number of thioether (sulfide) groups is 1. The molecule has 0 aromatic heterocycles. The number of carboxylic acid groups (broad SMARTS) is 3. The van der Waals surface area contributed by atoms with Crippen molar-refractivity contribution in [1.29, 1.82) is 0 Å². The van der Waals surface area contributed by atoms with E-state index in [2.05, 4.69) is 58.2 Å². The van der Waals surface area contributed by atoms with Gasteiger partial charge in [-0.2, -0.15) is 11.8 Å². The Morgan fingerprint density at radius 3 is 1.41 bits per heavy atom. The first-order chi connectivity index (χ1) is 52.8. The summed E-state index contributed by atoms with van der Waals surface area (Å²) in [6, 6.07) is -21.3. The van der Waals surface area contributed by atoms with E-state index in [4.69, 9.17) is 39.5 Å². The van der Waals surface area contributed by atoms with Gasteiger partial charge < -0.3 is 134 Å². The molecule has 45 heteroatoms. The molecule has 29 N–H and O–H groups in total. The molecule has 2 aliphatic heterocycles. The van der Waals surface area contributed by atoms with Crippen LogP contribution in [0.15, 0.2) is 4.99 Å². The first-order valence-corrected chi connectivity index (χ1v) is 38.3. The third-order valence-electron chi connectivity index (χ3n) is 18.3. The summed E-state index contributed by atoms with van der Waals surface area (Å²) in [6.07, 6.45) is 1.10. The Morgan fingerprint density at radius 1 is 0.482 bits per heavy atom. The van der Waals surface area contributed by atoms with Crippen molar-refractivity contribution >= 4 is 124 Å². The van der Waals surface area contributed by atoms with Crippen molar-refractivity contribution in [3.05, 3.63) is 0 Å². The number of likely N-dealkylation sites (tertiary alicyclic amines) is 2. The number of aliphatic imine (C=N–C) groups is 1. The van der Waals surface area contributed by atoms with Gasteiger partial charge in [-0.15, -0.1) is 0 Å². The van der Waals surface area contributed by atoms with Gasteiger partial charge >= 0.3 is 17.9 Å². The van der Waals surface area contributed by atoms with Crippen LogP contribution >= 0.6 is 11.8 Å². The van der Waals surface area contributed by atoms with Gasteiger partial charge in [0.25, 0.3) is 0 Å². The van der Waals surface area contributed by atoms with Gasteiger partial charge in [0.2, 0.25) is 88.6 Å². The summed E-state index contributed by atoms with van der Waals surface area (Å²) in [5, 5.41) is 76.7. The molecule has 0 aromatic carbocycles. The van der Waals surface area contributed by atoms with Crippen molar-refractivity contribution in [1.82, 2.24) is 73.6 Å². The number of aliphatic hydroxyl groups excluding tert-OH is 2. The molecule has 112 heavy (non-hydrogen) atoms. The molecule has 2 rings (SSSR count). The van der Waals surface area contributed by atoms with Crippen LogP contribution < -0.4 is 98.2 Å². The van der Waals surface area contributed by atoms with E-state index in [9.17, 15) is 107 Å². The van der Waals surface area contributed by atoms with E-state index in [0.717, 1.165) is 11.8 Å². The van der Waals surface area contributed by atoms with Crippen molar-refractivity contribution < 1.29 is 112 Å². The van der Waals surface area contributed by atoms with E-state index >= 15 is 0 Å². The predicted molar refractivity (Wildman–Crippen MR) is 401 cm³/mol. The lowest BCUT2D eigenvalue weighted by atomic mass is 9.96. The van der Waals surface area contributed by atoms with Crippen LogP contribution in [-0.2, 0) is 86.3 Å². The topological polar surface area (TPSA) is 728 Å². The summed E-state index contributed by atoms with van der Waals surface area (Å²) in [5.41, 5.74) is 34.1. The maximum Gasteiger partial charge on any atom is 0.326 e. The average molecular weight is 1610 g/mol. The SMILES string of the molecule is CCC(C)C(NC(=O)C(CCCN=C(N)N)NC(=O)C(NC(=O)C(N)CCSC)C(C)C)C(=O)NC(CCCCN)C(=O)N1CCCC1C(=O)NCC(=O)NC(CO)C(=O)NC(C)C(=O)NC(CC(N)=O)C(=O)NC(CCCCN)C(=O)N1CCCC1C(=O)NC(CO)C(=O)NC(CC(=O)O)C(=O)NC(CC(=O)O)C(=O)O. The fourth-order valence-corrected chi connectivity index (χ4v) is 12.3. The fourth-order valence-electron chi connectivity index (χ4n) is 11.8. The van der Waals surface area contributed by atoms with E-state index in [1.54, 1.807) is 33.0 Å². The van der Waals surface area contributed by atoms with Crippen LogP contribution in [0.4, 0.5) is 0 Å². The third-order valence-corrected chi connectivity index (χ3v) is 18.9. The van der Waals surface area contributed by atoms with Crippen LogP contribution in [0.2, 0.25) is 0 Å². The Morgan fingerprint density at radius 2 is 0.920 bits per heavy atom. The zero-order chi connectivity index (χ0) is 84.6. The number of hydrogen-bond donors (Lipinski definition) is 23. The number of nitrogens with zero attached hydrogens (tertiary/aromatic N) is 3. The highest BCUT2D eigenvalue weighted by Gasteiger charge is 2.43. The van der Waals surface area contributed by atoms with Gasteiger partial charge in [-0.1, -0.05) is 34.1 Å². The number of aliphatic carboxylic acids is 3. The number of hydrogen-bond acceptors (Lipinski definition) is 25. The molecule has 2 heterocycles. The lowest BCUT2D eigenvalue weighted by Gasteiger charge is -2.32. The second-order valence-electron chi connectivity index (χ2n) is 27.5. The van der Waals surface area contributed by atoms with E-state index in [1.165, 1.54) is 16.7 Å². The fraction of sp³-hybridized carbons (Fsp3) is 0.716. The summed E-state index contributed by atoms with van der Waals surface area (Å²) < 4.78 is 0. The molecule has 15 amide bonds. The number of aliphatic hydroxyl groups is 2. The normalized spacial score (nSPS) is 17.3. The van der Waals surface area contributed by atoms with Crippen LogP contribution in [-0.4, -0.2) is 297 Å². The van der Waals surface area contributed by atoms with E-state index in [-0.39, 0.29) is 90.0 Å². The molecule has 0 radical (unpaired) electrons.